The lowest BCUT2D eigenvalue weighted by Crippen LogP contribution is -2.40. The van der Waals surface area contributed by atoms with Crippen LogP contribution in [0.4, 0.5) is 0 Å². The van der Waals surface area contributed by atoms with Gasteiger partial charge in [0.1, 0.15) is 5.75 Å². The highest BCUT2D eigenvalue weighted by molar-refractivity contribution is 7.14. The molecule has 6 heteroatoms. The molecule has 2 amide bonds. The fraction of sp³-hybridized carbons (Fsp3) is 0.300. The summed E-state index contributed by atoms with van der Waals surface area (Å²) in [6.07, 6.45) is 7.47. The molecule has 0 spiro atoms. The van der Waals surface area contributed by atoms with Crippen molar-refractivity contribution >= 4 is 29.2 Å². The average molecular weight is 370 g/mol. The molecule has 26 heavy (non-hydrogen) atoms. The molecule has 1 aliphatic rings. The van der Waals surface area contributed by atoms with Crippen molar-refractivity contribution in [1.82, 2.24) is 10.9 Å². The van der Waals surface area contributed by atoms with E-state index in [2.05, 4.69) is 10.9 Å². The van der Waals surface area contributed by atoms with Gasteiger partial charge in [0.2, 0.25) is 0 Å². The van der Waals surface area contributed by atoms with Crippen LogP contribution in [0.1, 0.15) is 44.1 Å². The first-order valence-electron chi connectivity index (χ1n) is 8.61. The van der Waals surface area contributed by atoms with Crippen molar-refractivity contribution in [2.75, 3.05) is 7.11 Å². The van der Waals surface area contributed by atoms with Gasteiger partial charge in [-0.05, 0) is 62.4 Å². The second-order valence-corrected chi connectivity index (χ2v) is 7.43. The second-order valence-electron chi connectivity index (χ2n) is 6.29. The number of methoxy groups -OCH3 is 1. The summed E-state index contributed by atoms with van der Waals surface area (Å²) in [6, 6.07) is 7.66. The van der Waals surface area contributed by atoms with Crippen LogP contribution in [-0.2, 0) is 17.6 Å². The van der Waals surface area contributed by atoms with E-state index in [1.54, 1.807) is 13.2 Å². The zero-order chi connectivity index (χ0) is 18.5. The third-order valence-electron chi connectivity index (χ3n) is 4.32. The summed E-state index contributed by atoms with van der Waals surface area (Å²) in [5.41, 5.74) is 8.04. The Kier molecular flexibility index (Phi) is 5.73. The van der Waals surface area contributed by atoms with Gasteiger partial charge in [-0.3, -0.25) is 20.4 Å². The fourth-order valence-corrected chi connectivity index (χ4v) is 4.12. The highest BCUT2D eigenvalue weighted by Gasteiger charge is 2.17. The summed E-state index contributed by atoms with van der Waals surface area (Å²) in [4.78, 5) is 26.1. The molecule has 0 radical (unpaired) electrons. The number of carbonyl (C=O) groups excluding carboxylic acids is 2. The summed E-state index contributed by atoms with van der Waals surface area (Å²) < 4.78 is 5.28. The Morgan fingerprint density at radius 2 is 1.96 bits per heavy atom. The quantitative estimate of drug-likeness (QED) is 0.640. The Morgan fingerprint density at radius 1 is 1.15 bits per heavy atom. The minimum Gasteiger partial charge on any atom is -0.496 e. The minimum absolute atomic E-state index is 0.278. The van der Waals surface area contributed by atoms with E-state index in [0.717, 1.165) is 24.0 Å². The highest BCUT2D eigenvalue weighted by Crippen LogP contribution is 2.29. The van der Waals surface area contributed by atoms with Gasteiger partial charge in [-0.25, -0.2) is 0 Å². The SMILES string of the molecule is COc1ccc(C)cc1/C=C/C(=O)NNC(=O)c1cc2c(s1)CCCC2. The van der Waals surface area contributed by atoms with Gasteiger partial charge in [0.05, 0.1) is 12.0 Å². The van der Waals surface area contributed by atoms with Crippen molar-refractivity contribution in [3.05, 3.63) is 56.8 Å². The first-order valence-corrected chi connectivity index (χ1v) is 9.43. The molecule has 0 saturated carbocycles. The predicted octanol–water partition coefficient (Wildman–Crippen LogP) is 3.42. The molecule has 0 atom stereocenters. The van der Waals surface area contributed by atoms with Crippen LogP contribution in [0.15, 0.2) is 30.3 Å². The standard InChI is InChI=1S/C20H22N2O3S/c1-13-7-9-16(25-2)14(11-13)8-10-19(23)21-22-20(24)18-12-15-5-3-4-6-17(15)26-18/h7-12H,3-6H2,1-2H3,(H,21,23)(H,22,24)/b10-8+. The van der Waals surface area contributed by atoms with Crippen LogP contribution < -0.4 is 15.6 Å². The average Bonchev–Trinajstić information content (AvgIpc) is 3.09. The van der Waals surface area contributed by atoms with Crippen LogP contribution in [0, 0.1) is 6.92 Å². The van der Waals surface area contributed by atoms with E-state index in [1.165, 1.54) is 40.7 Å². The Morgan fingerprint density at radius 3 is 2.73 bits per heavy atom. The van der Waals surface area contributed by atoms with Gasteiger partial charge in [0, 0.05) is 16.5 Å². The van der Waals surface area contributed by atoms with Gasteiger partial charge in [0.15, 0.2) is 0 Å². The molecule has 1 heterocycles. The van der Waals surface area contributed by atoms with Gasteiger partial charge in [-0.1, -0.05) is 11.6 Å². The molecule has 0 bridgehead atoms. The lowest BCUT2D eigenvalue weighted by Gasteiger charge is -2.08. The van der Waals surface area contributed by atoms with Gasteiger partial charge < -0.3 is 4.74 Å². The lowest BCUT2D eigenvalue weighted by atomic mass is 9.99. The van der Waals surface area contributed by atoms with E-state index < -0.39 is 5.91 Å². The number of benzene rings is 1. The van der Waals surface area contributed by atoms with E-state index in [9.17, 15) is 9.59 Å². The Balaban J connectivity index is 1.58. The largest absolute Gasteiger partial charge is 0.496 e. The zero-order valence-corrected chi connectivity index (χ0v) is 15.7. The molecule has 1 aromatic carbocycles. The normalized spacial score (nSPS) is 13.3. The molecule has 0 unspecified atom stereocenters. The summed E-state index contributed by atoms with van der Waals surface area (Å²) in [5.74, 6) is 0.00960. The number of rotatable bonds is 4. The third-order valence-corrected chi connectivity index (χ3v) is 5.55. The van der Waals surface area contributed by atoms with Crippen LogP contribution in [0.2, 0.25) is 0 Å². The zero-order valence-electron chi connectivity index (χ0n) is 14.9. The third kappa shape index (κ3) is 4.32. The molecular weight excluding hydrogens is 348 g/mol. The number of nitrogens with one attached hydrogen (secondary N) is 2. The maximum absolute atomic E-state index is 12.2. The molecule has 136 valence electrons. The van der Waals surface area contributed by atoms with Crippen molar-refractivity contribution in [2.24, 2.45) is 0 Å². The van der Waals surface area contributed by atoms with Crippen molar-refractivity contribution < 1.29 is 14.3 Å². The molecule has 3 rings (SSSR count). The van der Waals surface area contributed by atoms with Crippen molar-refractivity contribution in [3.63, 3.8) is 0 Å². The molecule has 0 saturated heterocycles. The Bertz CT molecular complexity index is 831. The highest BCUT2D eigenvalue weighted by atomic mass is 32.1. The maximum Gasteiger partial charge on any atom is 0.279 e. The van der Waals surface area contributed by atoms with Crippen LogP contribution >= 0.6 is 11.3 Å². The van der Waals surface area contributed by atoms with E-state index >= 15 is 0 Å². The summed E-state index contributed by atoms with van der Waals surface area (Å²) >= 11 is 1.51. The molecule has 2 aromatic rings. The number of ether oxygens (including phenoxy) is 1. The van der Waals surface area contributed by atoms with Gasteiger partial charge in [-0.15, -0.1) is 11.3 Å². The molecule has 0 fully saturated rings. The lowest BCUT2D eigenvalue weighted by molar-refractivity contribution is -0.117. The minimum atomic E-state index is -0.400. The first-order chi connectivity index (χ1) is 12.6. The number of aryl methyl sites for hydroxylation is 3. The van der Waals surface area contributed by atoms with E-state index in [1.807, 2.05) is 31.2 Å². The maximum atomic E-state index is 12.2. The van der Waals surface area contributed by atoms with Crippen molar-refractivity contribution in [2.45, 2.75) is 32.6 Å². The number of fused-ring (bicyclic) bond motifs is 1. The van der Waals surface area contributed by atoms with Crippen molar-refractivity contribution in [3.8, 4) is 5.75 Å². The van der Waals surface area contributed by atoms with Crippen molar-refractivity contribution in [1.29, 1.82) is 0 Å². The van der Waals surface area contributed by atoms with Gasteiger partial charge in [0.25, 0.3) is 11.8 Å². The second kappa shape index (κ2) is 8.19. The molecular formula is C20H22N2O3S. The number of carbonyl (C=O) groups is 2. The fourth-order valence-electron chi connectivity index (χ4n) is 2.97. The molecule has 2 N–H and O–H groups in total. The van der Waals surface area contributed by atoms with Crippen LogP contribution in [0.5, 0.6) is 5.75 Å². The summed E-state index contributed by atoms with van der Waals surface area (Å²) in [7, 11) is 1.59. The smallest absolute Gasteiger partial charge is 0.279 e. The predicted molar refractivity (Wildman–Crippen MR) is 103 cm³/mol. The topological polar surface area (TPSA) is 67.4 Å². The Labute approximate surface area is 157 Å². The molecule has 1 aromatic heterocycles. The van der Waals surface area contributed by atoms with Crippen LogP contribution in [0.25, 0.3) is 6.08 Å². The number of thiophene rings is 1. The van der Waals surface area contributed by atoms with E-state index in [-0.39, 0.29) is 5.91 Å². The number of hydrogen-bond donors (Lipinski definition) is 2. The summed E-state index contributed by atoms with van der Waals surface area (Å²) in [6.45, 7) is 1.97. The van der Waals surface area contributed by atoms with Crippen LogP contribution in [-0.4, -0.2) is 18.9 Å². The van der Waals surface area contributed by atoms with Gasteiger partial charge >= 0.3 is 0 Å². The monoisotopic (exact) mass is 370 g/mol. The van der Waals surface area contributed by atoms with Crippen LogP contribution in [0.3, 0.4) is 0 Å². The molecule has 1 aliphatic carbocycles. The van der Waals surface area contributed by atoms with E-state index in [4.69, 9.17) is 4.74 Å². The molecule has 0 aliphatic heterocycles. The number of hydrazine groups is 1. The van der Waals surface area contributed by atoms with Gasteiger partial charge in [-0.2, -0.15) is 0 Å². The summed E-state index contributed by atoms with van der Waals surface area (Å²) in [5, 5.41) is 0. The molecule has 5 nitrogen and oxygen atoms in total. The van der Waals surface area contributed by atoms with E-state index in [0.29, 0.717) is 10.6 Å². The first kappa shape index (κ1) is 18.2. The Hall–Kier alpha value is -2.60. The number of amides is 2. The number of hydrogen-bond acceptors (Lipinski definition) is 4.